The van der Waals surface area contributed by atoms with Crippen molar-refractivity contribution in [3.05, 3.63) is 29.8 Å². The number of alkyl halides is 3. The van der Waals surface area contributed by atoms with Gasteiger partial charge in [-0.1, -0.05) is 12.1 Å². The summed E-state index contributed by atoms with van der Waals surface area (Å²) in [6.07, 6.45) is -4.31. The Kier molecular flexibility index (Phi) is 6.18. The minimum atomic E-state index is -4.72. The number of nitrogens with one attached hydrogen (secondary N) is 1. The van der Waals surface area contributed by atoms with Crippen molar-refractivity contribution in [1.29, 1.82) is 0 Å². The highest BCUT2D eigenvalue weighted by Gasteiger charge is 2.36. The Morgan fingerprint density at radius 1 is 1.24 bits per heavy atom. The molecule has 1 aromatic rings. The molecule has 0 unspecified atom stereocenters. The molecule has 0 aromatic heterocycles. The SMILES string of the molecule is CC(C)OCCCNS(=O)(=O)c1ccccc1C(F)(F)F. The largest absolute Gasteiger partial charge is 0.417 e. The summed E-state index contributed by atoms with van der Waals surface area (Å²) in [4.78, 5) is -0.762. The van der Waals surface area contributed by atoms with Crippen LogP contribution in [-0.2, 0) is 20.9 Å². The third-order valence-corrected chi connectivity index (χ3v) is 4.07. The molecule has 8 heteroatoms. The number of hydrogen-bond donors (Lipinski definition) is 1. The van der Waals surface area contributed by atoms with E-state index in [2.05, 4.69) is 4.72 Å². The number of halogens is 3. The number of benzene rings is 1. The zero-order valence-electron chi connectivity index (χ0n) is 11.8. The van der Waals surface area contributed by atoms with Gasteiger partial charge >= 0.3 is 6.18 Å². The molecule has 120 valence electrons. The molecule has 0 aliphatic rings. The number of hydrogen-bond acceptors (Lipinski definition) is 3. The van der Waals surface area contributed by atoms with Crippen molar-refractivity contribution in [1.82, 2.24) is 4.72 Å². The second-order valence-electron chi connectivity index (χ2n) is 4.66. The normalized spacial score (nSPS) is 12.9. The summed E-state index contributed by atoms with van der Waals surface area (Å²) < 4.78 is 69.7. The fourth-order valence-electron chi connectivity index (χ4n) is 1.61. The molecule has 0 fully saturated rings. The van der Waals surface area contributed by atoms with E-state index < -0.39 is 26.7 Å². The molecule has 4 nitrogen and oxygen atoms in total. The molecule has 21 heavy (non-hydrogen) atoms. The predicted molar refractivity (Wildman–Crippen MR) is 72.3 cm³/mol. The lowest BCUT2D eigenvalue weighted by atomic mass is 10.2. The maximum absolute atomic E-state index is 12.8. The molecule has 0 amide bonds. The van der Waals surface area contributed by atoms with Crippen molar-refractivity contribution in [3.8, 4) is 0 Å². The van der Waals surface area contributed by atoms with Crippen LogP contribution in [0.2, 0.25) is 0 Å². The molecule has 0 spiro atoms. The van der Waals surface area contributed by atoms with Crippen LogP contribution in [0.3, 0.4) is 0 Å². The summed E-state index contributed by atoms with van der Waals surface area (Å²) in [5.74, 6) is 0. The molecule has 1 rings (SSSR count). The van der Waals surface area contributed by atoms with Crippen molar-refractivity contribution in [2.45, 2.75) is 37.4 Å². The Morgan fingerprint density at radius 2 is 1.86 bits per heavy atom. The first-order valence-electron chi connectivity index (χ1n) is 6.42. The Labute approximate surface area is 122 Å². The molecular formula is C13H18F3NO3S. The molecule has 0 saturated heterocycles. The highest BCUT2D eigenvalue weighted by Crippen LogP contribution is 2.33. The van der Waals surface area contributed by atoms with Gasteiger partial charge in [-0.05, 0) is 32.4 Å². The van der Waals surface area contributed by atoms with Gasteiger partial charge in [-0.15, -0.1) is 0 Å². The minimum absolute atomic E-state index is 0.0151. The highest BCUT2D eigenvalue weighted by molar-refractivity contribution is 7.89. The van der Waals surface area contributed by atoms with Gasteiger partial charge in [0.1, 0.15) is 0 Å². The van der Waals surface area contributed by atoms with Crippen molar-refractivity contribution in [3.63, 3.8) is 0 Å². The van der Waals surface area contributed by atoms with Crippen LogP contribution in [-0.4, -0.2) is 27.7 Å². The van der Waals surface area contributed by atoms with E-state index in [4.69, 9.17) is 4.74 Å². The average Bonchev–Trinajstić information content (AvgIpc) is 2.37. The monoisotopic (exact) mass is 325 g/mol. The van der Waals surface area contributed by atoms with Gasteiger partial charge in [0.25, 0.3) is 0 Å². The lowest BCUT2D eigenvalue weighted by Gasteiger charge is -2.14. The van der Waals surface area contributed by atoms with Crippen LogP contribution >= 0.6 is 0 Å². The van der Waals surface area contributed by atoms with Gasteiger partial charge in [-0.25, -0.2) is 13.1 Å². The van der Waals surface area contributed by atoms with E-state index in [1.54, 1.807) is 0 Å². The molecule has 0 heterocycles. The van der Waals surface area contributed by atoms with E-state index in [0.717, 1.165) is 18.2 Å². The fraction of sp³-hybridized carbons (Fsp3) is 0.538. The summed E-state index contributed by atoms with van der Waals surface area (Å²) in [7, 11) is -4.20. The third-order valence-electron chi connectivity index (χ3n) is 2.55. The highest BCUT2D eigenvalue weighted by atomic mass is 32.2. The number of ether oxygens (including phenoxy) is 1. The van der Waals surface area contributed by atoms with Crippen LogP contribution in [0, 0.1) is 0 Å². The Bertz CT molecular complexity index is 556. The van der Waals surface area contributed by atoms with Crippen LogP contribution in [0.5, 0.6) is 0 Å². The van der Waals surface area contributed by atoms with E-state index in [-0.39, 0.29) is 12.6 Å². The second kappa shape index (κ2) is 7.24. The Morgan fingerprint density at radius 3 is 2.43 bits per heavy atom. The topological polar surface area (TPSA) is 55.4 Å². The van der Waals surface area contributed by atoms with Crippen molar-refractivity contribution in [2.75, 3.05) is 13.2 Å². The van der Waals surface area contributed by atoms with Gasteiger partial charge in [0, 0.05) is 13.2 Å². The fourth-order valence-corrected chi connectivity index (χ4v) is 2.91. The van der Waals surface area contributed by atoms with E-state index >= 15 is 0 Å². The van der Waals surface area contributed by atoms with Gasteiger partial charge in [0.05, 0.1) is 16.6 Å². The zero-order valence-corrected chi connectivity index (χ0v) is 12.6. The quantitative estimate of drug-likeness (QED) is 0.784. The molecule has 0 bridgehead atoms. The number of sulfonamides is 1. The average molecular weight is 325 g/mol. The molecule has 0 atom stereocenters. The van der Waals surface area contributed by atoms with Gasteiger partial charge in [-0.3, -0.25) is 0 Å². The minimum Gasteiger partial charge on any atom is -0.379 e. The van der Waals surface area contributed by atoms with Gasteiger partial charge in [-0.2, -0.15) is 13.2 Å². The van der Waals surface area contributed by atoms with Gasteiger partial charge in [0.2, 0.25) is 10.0 Å². The summed E-state index contributed by atoms with van der Waals surface area (Å²) >= 11 is 0. The first-order valence-corrected chi connectivity index (χ1v) is 7.90. The third kappa shape index (κ3) is 5.64. The van der Waals surface area contributed by atoms with E-state index in [9.17, 15) is 21.6 Å². The summed E-state index contributed by atoms with van der Waals surface area (Å²) in [6, 6.07) is 4.09. The maximum Gasteiger partial charge on any atom is 0.417 e. The van der Waals surface area contributed by atoms with Crippen molar-refractivity contribution in [2.24, 2.45) is 0 Å². The molecule has 0 aliphatic carbocycles. The summed E-state index contributed by atoms with van der Waals surface area (Å²) in [5, 5.41) is 0. The van der Waals surface area contributed by atoms with Crippen LogP contribution in [0.25, 0.3) is 0 Å². The number of rotatable bonds is 7. The first kappa shape index (κ1) is 17.9. The standard InChI is InChI=1S/C13H18F3NO3S/c1-10(2)20-9-5-8-17-21(18,19)12-7-4-3-6-11(12)13(14,15)16/h3-4,6-7,10,17H,5,8-9H2,1-2H3. The van der Waals surface area contributed by atoms with E-state index in [1.807, 2.05) is 13.8 Å². The zero-order chi connectivity index (χ0) is 16.1. The Balaban J connectivity index is 2.76. The first-order chi connectivity index (χ1) is 9.64. The predicted octanol–water partition coefficient (Wildman–Crippen LogP) is 2.80. The maximum atomic E-state index is 12.8. The second-order valence-corrected chi connectivity index (χ2v) is 6.40. The lowest BCUT2D eigenvalue weighted by molar-refractivity contribution is -0.139. The van der Waals surface area contributed by atoms with Crippen molar-refractivity contribution < 1.29 is 26.3 Å². The van der Waals surface area contributed by atoms with Crippen LogP contribution < -0.4 is 4.72 Å². The molecular weight excluding hydrogens is 307 g/mol. The molecule has 0 aliphatic heterocycles. The summed E-state index contributed by atoms with van der Waals surface area (Å²) in [5.41, 5.74) is -1.17. The van der Waals surface area contributed by atoms with E-state index in [1.165, 1.54) is 6.07 Å². The van der Waals surface area contributed by atoms with Crippen LogP contribution in [0.15, 0.2) is 29.2 Å². The molecule has 1 aromatic carbocycles. The van der Waals surface area contributed by atoms with Crippen LogP contribution in [0.4, 0.5) is 13.2 Å². The molecule has 0 saturated carbocycles. The van der Waals surface area contributed by atoms with Gasteiger partial charge < -0.3 is 4.74 Å². The van der Waals surface area contributed by atoms with Crippen molar-refractivity contribution >= 4 is 10.0 Å². The molecule has 0 radical (unpaired) electrons. The molecule has 1 N–H and O–H groups in total. The summed E-state index contributed by atoms with van der Waals surface area (Å²) in [6.45, 7) is 4.02. The van der Waals surface area contributed by atoms with Crippen LogP contribution in [0.1, 0.15) is 25.8 Å². The van der Waals surface area contributed by atoms with Gasteiger partial charge in [0.15, 0.2) is 0 Å². The smallest absolute Gasteiger partial charge is 0.379 e. The Hall–Kier alpha value is -1.12. The van der Waals surface area contributed by atoms with E-state index in [0.29, 0.717) is 13.0 Å². The lowest BCUT2D eigenvalue weighted by Crippen LogP contribution is -2.28.